The zero-order valence-corrected chi connectivity index (χ0v) is 9.24. The predicted molar refractivity (Wildman–Crippen MR) is 56.4 cm³/mol. The van der Waals surface area contributed by atoms with Crippen molar-refractivity contribution in [2.24, 2.45) is 0 Å². The van der Waals surface area contributed by atoms with Crippen molar-refractivity contribution >= 4 is 5.97 Å². The standard InChI is InChI=1S/C12H12F2O3/c1-7-2-3-8(6-9(7)17-11(13)14)12(4-5-12)10(15)16/h2-3,6,11H,4-5H2,1H3,(H,15,16). The van der Waals surface area contributed by atoms with E-state index in [1.54, 1.807) is 19.1 Å². The minimum Gasteiger partial charge on any atom is -0.481 e. The van der Waals surface area contributed by atoms with Crippen LogP contribution in [0.25, 0.3) is 0 Å². The summed E-state index contributed by atoms with van der Waals surface area (Å²) >= 11 is 0. The third kappa shape index (κ3) is 2.09. The average molecular weight is 242 g/mol. The molecule has 0 amide bonds. The van der Waals surface area contributed by atoms with Gasteiger partial charge in [0.1, 0.15) is 5.75 Å². The molecule has 1 aliphatic carbocycles. The van der Waals surface area contributed by atoms with E-state index in [0.29, 0.717) is 24.0 Å². The van der Waals surface area contributed by atoms with Crippen molar-refractivity contribution in [2.45, 2.75) is 31.8 Å². The molecule has 92 valence electrons. The highest BCUT2D eigenvalue weighted by Crippen LogP contribution is 2.49. The first-order chi connectivity index (χ1) is 7.95. The first-order valence-corrected chi connectivity index (χ1v) is 5.25. The Hall–Kier alpha value is -1.65. The van der Waals surface area contributed by atoms with Gasteiger partial charge in [-0.2, -0.15) is 8.78 Å². The fourth-order valence-corrected chi connectivity index (χ4v) is 1.87. The highest BCUT2D eigenvalue weighted by Gasteiger charge is 2.51. The van der Waals surface area contributed by atoms with Crippen LogP contribution in [0.3, 0.4) is 0 Å². The van der Waals surface area contributed by atoms with E-state index in [1.165, 1.54) is 6.07 Å². The first kappa shape index (κ1) is 11.8. The number of halogens is 2. The van der Waals surface area contributed by atoms with Crippen LogP contribution in [0.4, 0.5) is 8.78 Å². The van der Waals surface area contributed by atoms with Crippen LogP contribution in [0.15, 0.2) is 18.2 Å². The molecule has 1 N–H and O–H groups in total. The van der Waals surface area contributed by atoms with Crippen LogP contribution in [0.2, 0.25) is 0 Å². The number of aryl methyl sites for hydroxylation is 1. The first-order valence-electron chi connectivity index (χ1n) is 5.25. The summed E-state index contributed by atoms with van der Waals surface area (Å²) in [6.07, 6.45) is 1.08. The van der Waals surface area contributed by atoms with Crippen LogP contribution in [-0.4, -0.2) is 17.7 Å². The van der Waals surface area contributed by atoms with Crippen LogP contribution in [0, 0.1) is 6.92 Å². The smallest absolute Gasteiger partial charge is 0.387 e. The minimum absolute atomic E-state index is 0.0463. The van der Waals surface area contributed by atoms with Gasteiger partial charge in [-0.1, -0.05) is 12.1 Å². The van der Waals surface area contributed by atoms with Gasteiger partial charge in [0.2, 0.25) is 0 Å². The monoisotopic (exact) mass is 242 g/mol. The third-order valence-corrected chi connectivity index (χ3v) is 3.12. The molecule has 1 aromatic carbocycles. The molecule has 0 aromatic heterocycles. The minimum atomic E-state index is -2.90. The lowest BCUT2D eigenvalue weighted by atomic mass is 9.95. The molecule has 0 atom stereocenters. The molecule has 1 saturated carbocycles. The lowest BCUT2D eigenvalue weighted by Crippen LogP contribution is -2.19. The van der Waals surface area contributed by atoms with Gasteiger partial charge in [-0.3, -0.25) is 4.79 Å². The van der Waals surface area contributed by atoms with Crippen LogP contribution < -0.4 is 4.74 Å². The molecule has 5 heteroatoms. The van der Waals surface area contributed by atoms with E-state index in [4.69, 9.17) is 5.11 Å². The summed E-state index contributed by atoms with van der Waals surface area (Å²) in [6.45, 7) is -1.26. The number of rotatable bonds is 4. The zero-order chi connectivity index (χ0) is 12.6. The lowest BCUT2D eigenvalue weighted by molar-refractivity contribution is -0.140. The Balaban J connectivity index is 2.34. The van der Waals surface area contributed by atoms with Crippen molar-refractivity contribution < 1.29 is 23.4 Å². The number of carboxylic acids is 1. The topological polar surface area (TPSA) is 46.5 Å². The summed E-state index contributed by atoms with van der Waals surface area (Å²) in [7, 11) is 0. The second-order valence-corrected chi connectivity index (χ2v) is 4.25. The van der Waals surface area contributed by atoms with Gasteiger partial charge in [0.05, 0.1) is 5.41 Å². The van der Waals surface area contributed by atoms with Gasteiger partial charge in [0, 0.05) is 0 Å². The van der Waals surface area contributed by atoms with E-state index >= 15 is 0 Å². The Morgan fingerprint density at radius 1 is 1.47 bits per heavy atom. The summed E-state index contributed by atoms with van der Waals surface area (Å²) in [5.41, 5.74) is 0.204. The molecule has 0 aliphatic heterocycles. The Morgan fingerprint density at radius 2 is 2.12 bits per heavy atom. The second-order valence-electron chi connectivity index (χ2n) is 4.25. The molecule has 1 aliphatic rings. The summed E-state index contributed by atoms with van der Waals surface area (Å²) in [4.78, 5) is 11.1. The fourth-order valence-electron chi connectivity index (χ4n) is 1.87. The molecule has 0 spiro atoms. The average Bonchev–Trinajstić information content (AvgIpc) is 3.01. The van der Waals surface area contributed by atoms with Crippen molar-refractivity contribution in [2.75, 3.05) is 0 Å². The molecule has 0 heterocycles. The van der Waals surface area contributed by atoms with E-state index in [9.17, 15) is 13.6 Å². The van der Waals surface area contributed by atoms with Crippen molar-refractivity contribution in [3.63, 3.8) is 0 Å². The molecule has 0 saturated heterocycles. The van der Waals surface area contributed by atoms with Gasteiger partial charge in [-0.05, 0) is 37.0 Å². The van der Waals surface area contributed by atoms with E-state index in [0.717, 1.165) is 0 Å². The number of alkyl halides is 2. The summed E-state index contributed by atoms with van der Waals surface area (Å²) in [5.74, 6) is -0.866. The van der Waals surface area contributed by atoms with Gasteiger partial charge in [-0.15, -0.1) is 0 Å². The molecule has 3 nitrogen and oxygen atoms in total. The Morgan fingerprint density at radius 3 is 2.59 bits per heavy atom. The molecule has 1 fully saturated rings. The molecule has 0 radical (unpaired) electrons. The fraction of sp³-hybridized carbons (Fsp3) is 0.417. The largest absolute Gasteiger partial charge is 0.481 e. The van der Waals surface area contributed by atoms with Gasteiger partial charge in [-0.25, -0.2) is 0 Å². The Labute approximate surface area is 97.0 Å². The van der Waals surface area contributed by atoms with Gasteiger partial charge >= 0.3 is 12.6 Å². The number of benzene rings is 1. The summed E-state index contributed by atoms with van der Waals surface area (Å²) < 4.78 is 28.7. The molecular weight excluding hydrogens is 230 g/mol. The van der Waals surface area contributed by atoms with E-state index in [2.05, 4.69) is 4.74 Å². The predicted octanol–water partition coefficient (Wildman–Crippen LogP) is 2.71. The van der Waals surface area contributed by atoms with Gasteiger partial charge < -0.3 is 9.84 Å². The highest BCUT2D eigenvalue weighted by molar-refractivity contribution is 5.85. The second kappa shape index (κ2) is 3.98. The van der Waals surface area contributed by atoms with Gasteiger partial charge in [0.25, 0.3) is 0 Å². The Bertz CT molecular complexity index is 453. The van der Waals surface area contributed by atoms with Crippen LogP contribution in [-0.2, 0) is 10.2 Å². The lowest BCUT2D eigenvalue weighted by Gasteiger charge is -2.14. The van der Waals surface area contributed by atoms with E-state index in [1.807, 2.05) is 0 Å². The van der Waals surface area contributed by atoms with Gasteiger partial charge in [0.15, 0.2) is 0 Å². The molecule has 1 aromatic rings. The molecule has 17 heavy (non-hydrogen) atoms. The molecule has 2 rings (SSSR count). The zero-order valence-electron chi connectivity index (χ0n) is 9.24. The van der Waals surface area contributed by atoms with E-state index in [-0.39, 0.29) is 5.75 Å². The number of carbonyl (C=O) groups is 1. The molecule has 0 unspecified atom stereocenters. The molecule has 0 bridgehead atoms. The number of ether oxygens (including phenoxy) is 1. The van der Waals surface area contributed by atoms with Crippen molar-refractivity contribution in [3.05, 3.63) is 29.3 Å². The number of carboxylic acid groups (broad SMARTS) is 1. The maximum absolute atomic E-state index is 12.2. The number of hydrogen-bond acceptors (Lipinski definition) is 2. The van der Waals surface area contributed by atoms with E-state index < -0.39 is 18.0 Å². The third-order valence-electron chi connectivity index (χ3n) is 3.12. The number of aliphatic carboxylic acids is 1. The van der Waals surface area contributed by atoms with Crippen LogP contribution in [0.5, 0.6) is 5.75 Å². The quantitative estimate of drug-likeness (QED) is 0.883. The maximum Gasteiger partial charge on any atom is 0.387 e. The SMILES string of the molecule is Cc1ccc(C2(C(=O)O)CC2)cc1OC(F)F. The summed E-state index contributed by atoms with van der Waals surface area (Å²) in [5, 5.41) is 9.11. The molecular formula is C12H12F2O3. The van der Waals surface area contributed by atoms with Crippen molar-refractivity contribution in [1.29, 1.82) is 0 Å². The summed E-state index contributed by atoms with van der Waals surface area (Å²) in [6, 6.07) is 4.67. The highest BCUT2D eigenvalue weighted by atomic mass is 19.3. The Kier molecular flexibility index (Phi) is 2.77. The number of hydrogen-bond donors (Lipinski definition) is 1. The van der Waals surface area contributed by atoms with Crippen LogP contribution >= 0.6 is 0 Å². The maximum atomic E-state index is 12.2. The van der Waals surface area contributed by atoms with Crippen molar-refractivity contribution in [3.8, 4) is 5.75 Å². The van der Waals surface area contributed by atoms with Crippen molar-refractivity contribution in [1.82, 2.24) is 0 Å². The normalized spacial score (nSPS) is 16.9. The van der Waals surface area contributed by atoms with Crippen LogP contribution in [0.1, 0.15) is 24.0 Å².